The fourth-order valence-electron chi connectivity index (χ4n) is 5.08. The summed E-state index contributed by atoms with van der Waals surface area (Å²) in [6, 6.07) is 13.9. The lowest BCUT2D eigenvalue weighted by atomic mass is 9.75. The van der Waals surface area contributed by atoms with Crippen LogP contribution < -0.4 is 4.90 Å². The zero-order valence-corrected chi connectivity index (χ0v) is 16.3. The third-order valence-corrected chi connectivity index (χ3v) is 6.90. The average Bonchev–Trinajstić information content (AvgIpc) is 3.04. The molecule has 3 aromatic rings. The van der Waals surface area contributed by atoms with Crippen LogP contribution in [0.2, 0.25) is 0 Å². The van der Waals surface area contributed by atoms with E-state index in [4.69, 9.17) is 4.42 Å². The normalized spacial score (nSPS) is 26.0. The second kappa shape index (κ2) is 5.52. The molecule has 1 aliphatic rings. The maximum absolute atomic E-state index is 6.38. The van der Waals surface area contributed by atoms with E-state index in [1.807, 2.05) is 0 Å². The molecule has 3 atom stereocenters. The molecule has 1 aliphatic heterocycles. The molecule has 0 radical (unpaired) electrons. The summed E-state index contributed by atoms with van der Waals surface area (Å²) < 4.78 is 6.38. The molecule has 2 aromatic carbocycles. The summed E-state index contributed by atoms with van der Waals surface area (Å²) >= 11 is 0. The number of nitrogens with zero attached hydrogens (tertiary/aromatic N) is 1. The third kappa shape index (κ3) is 2.16. The van der Waals surface area contributed by atoms with Crippen LogP contribution >= 0.6 is 0 Å². The van der Waals surface area contributed by atoms with Crippen LogP contribution in [0.4, 0.5) is 5.69 Å². The highest BCUT2D eigenvalue weighted by Gasteiger charge is 2.50. The molecule has 25 heavy (non-hydrogen) atoms. The zero-order valence-electron chi connectivity index (χ0n) is 16.3. The minimum absolute atomic E-state index is 0.286. The lowest BCUT2D eigenvalue weighted by Gasteiger charge is -2.35. The van der Waals surface area contributed by atoms with Gasteiger partial charge in [-0.15, -0.1) is 0 Å². The van der Waals surface area contributed by atoms with Gasteiger partial charge in [0.05, 0.1) is 5.69 Å². The van der Waals surface area contributed by atoms with Gasteiger partial charge in [-0.3, -0.25) is 0 Å². The minimum atomic E-state index is 0.286. The summed E-state index contributed by atoms with van der Waals surface area (Å²) in [5.74, 6) is 0.636. The second-order valence-corrected chi connectivity index (χ2v) is 8.39. The summed E-state index contributed by atoms with van der Waals surface area (Å²) in [4.78, 5) is 2.66. The zero-order chi connectivity index (χ0) is 17.9. The second-order valence-electron chi connectivity index (χ2n) is 8.39. The molecule has 1 aromatic heterocycles. The molecular weight excluding hydrogens is 306 g/mol. The van der Waals surface area contributed by atoms with Crippen molar-refractivity contribution in [2.45, 2.75) is 60.0 Å². The molecule has 1 fully saturated rings. The van der Waals surface area contributed by atoms with E-state index in [-0.39, 0.29) is 5.41 Å². The maximum atomic E-state index is 6.38. The maximum Gasteiger partial charge on any atom is 0.158 e. The van der Waals surface area contributed by atoms with Gasteiger partial charge in [-0.1, -0.05) is 58.0 Å². The van der Waals surface area contributed by atoms with Crippen molar-refractivity contribution in [3.63, 3.8) is 0 Å². The Morgan fingerprint density at radius 1 is 1.04 bits per heavy atom. The molecule has 0 amide bonds. The van der Waals surface area contributed by atoms with E-state index in [0.29, 0.717) is 18.0 Å². The lowest BCUT2D eigenvalue weighted by molar-refractivity contribution is 0.237. The van der Waals surface area contributed by atoms with Crippen molar-refractivity contribution >= 4 is 27.6 Å². The van der Waals surface area contributed by atoms with Crippen molar-refractivity contribution in [3.8, 4) is 0 Å². The number of hydrogen-bond donors (Lipinski definition) is 0. The van der Waals surface area contributed by atoms with Gasteiger partial charge in [-0.25, -0.2) is 0 Å². The molecule has 4 rings (SSSR count). The number of furan rings is 1. The van der Waals surface area contributed by atoms with Gasteiger partial charge in [-0.2, -0.15) is 0 Å². The number of anilines is 1. The van der Waals surface area contributed by atoms with E-state index in [1.165, 1.54) is 22.0 Å². The first-order valence-corrected chi connectivity index (χ1v) is 9.57. The molecule has 132 valence electrons. The highest BCUT2D eigenvalue weighted by Crippen LogP contribution is 2.50. The molecule has 2 nitrogen and oxygen atoms in total. The predicted octanol–water partition coefficient (Wildman–Crippen LogP) is 6.54. The van der Waals surface area contributed by atoms with Gasteiger partial charge in [0.15, 0.2) is 5.58 Å². The van der Waals surface area contributed by atoms with Crippen molar-refractivity contribution in [2.24, 2.45) is 11.3 Å². The number of aryl methyl sites for hydroxylation is 1. The van der Waals surface area contributed by atoms with Gasteiger partial charge in [0, 0.05) is 22.9 Å². The Balaban J connectivity index is 2.01. The Bertz CT molecular complexity index is 936. The number of para-hydroxylation sites is 1. The molecule has 0 saturated carbocycles. The Kier molecular flexibility index (Phi) is 3.64. The molecule has 1 saturated heterocycles. The fourth-order valence-corrected chi connectivity index (χ4v) is 5.08. The Hall–Kier alpha value is -1.96. The predicted molar refractivity (Wildman–Crippen MR) is 107 cm³/mol. The van der Waals surface area contributed by atoms with E-state index in [2.05, 4.69) is 82.8 Å². The highest BCUT2D eigenvalue weighted by molar-refractivity contribution is 6.09. The number of fused-ring (bicyclic) bond motifs is 3. The molecule has 2 heterocycles. The van der Waals surface area contributed by atoms with Gasteiger partial charge < -0.3 is 9.32 Å². The first-order valence-electron chi connectivity index (χ1n) is 9.57. The van der Waals surface area contributed by atoms with E-state index < -0.39 is 0 Å². The Morgan fingerprint density at radius 2 is 1.76 bits per heavy atom. The topological polar surface area (TPSA) is 16.4 Å². The fraction of sp³-hybridized carbons (Fsp3) is 0.478. The highest BCUT2D eigenvalue weighted by atomic mass is 16.3. The number of rotatable bonds is 2. The average molecular weight is 335 g/mol. The summed E-state index contributed by atoms with van der Waals surface area (Å²) in [7, 11) is 0. The quantitative estimate of drug-likeness (QED) is 0.528. The molecule has 0 spiro atoms. The van der Waals surface area contributed by atoms with Gasteiger partial charge in [-0.05, 0) is 43.2 Å². The number of hydrogen-bond acceptors (Lipinski definition) is 2. The van der Waals surface area contributed by atoms with E-state index in [1.54, 1.807) is 0 Å². The monoisotopic (exact) mass is 335 g/mol. The Morgan fingerprint density at radius 3 is 2.48 bits per heavy atom. The van der Waals surface area contributed by atoms with Crippen LogP contribution in [0.3, 0.4) is 0 Å². The SMILES string of the molecule is CCC1N(c2c(C)ccc3c2oc2ccccc23)[C@@H](C)C(C)C1(C)C. The smallest absolute Gasteiger partial charge is 0.158 e. The van der Waals surface area contributed by atoms with Crippen LogP contribution in [0, 0.1) is 18.3 Å². The van der Waals surface area contributed by atoms with Crippen LogP contribution in [0.15, 0.2) is 40.8 Å². The largest absolute Gasteiger partial charge is 0.454 e. The molecule has 2 heteroatoms. The van der Waals surface area contributed by atoms with Crippen LogP contribution in [0.1, 0.15) is 46.6 Å². The van der Waals surface area contributed by atoms with E-state index >= 15 is 0 Å². The van der Waals surface area contributed by atoms with Gasteiger partial charge in [0.2, 0.25) is 0 Å². The van der Waals surface area contributed by atoms with Crippen LogP contribution in [-0.4, -0.2) is 12.1 Å². The number of benzene rings is 2. The van der Waals surface area contributed by atoms with Crippen molar-refractivity contribution in [3.05, 3.63) is 42.0 Å². The minimum Gasteiger partial charge on any atom is -0.454 e. The van der Waals surface area contributed by atoms with Crippen molar-refractivity contribution < 1.29 is 4.42 Å². The molecule has 0 N–H and O–H groups in total. The summed E-state index contributed by atoms with van der Waals surface area (Å²) in [6.45, 7) is 14.2. The molecule has 2 unspecified atom stereocenters. The van der Waals surface area contributed by atoms with E-state index in [9.17, 15) is 0 Å². The van der Waals surface area contributed by atoms with E-state index in [0.717, 1.165) is 17.6 Å². The van der Waals surface area contributed by atoms with Gasteiger partial charge >= 0.3 is 0 Å². The van der Waals surface area contributed by atoms with Crippen molar-refractivity contribution in [1.29, 1.82) is 0 Å². The van der Waals surface area contributed by atoms with Crippen LogP contribution in [0.25, 0.3) is 21.9 Å². The van der Waals surface area contributed by atoms with Crippen molar-refractivity contribution in [2.75, 3.05) is 4.90 Å². The summed E-state index contributed by atoms with van der Waals surface area (Å²) in [5.41, 5.74) is 4.93. The third-order valence-electron chi connectivity index (χ3n) is 6.90. The first kappa shape index (κ1) is 16.5. The van der Waals surface area contributed by atoms with Crippen molar-refractivity contribution in [1.82, 2.24) is 0 Å². The Labute approximate surface area is 150 Å². The molecule has 0 bridgehead atoms. The summed E-state index contributed by atoms with van der Waals surface area (Å²) in [6.07, 6.45) is 1.15. The first-order chi connectivity index (χ1) is 11.9. The lowest BCUT2D eigenvalue weighted by Crippen LogP contribution is -2.39. The summed E-state index contributed by atoms with van der Waals surface area (Å²) in [5, 5.41) is 2.45. The van der Waals surface area contributed by atoms with Gasteiger partial charge in [0.25, 0.3) is 0 Å². The molecule has 0 aliphatic carbocycles. The molecular formula is C23H29NO. The van der Waals surface area contributed by atoms with Gasteiger partial charge in [0.1, 0.15) is 5.58 Å². The van der Waals surface area contributed by atoms with Crippen LogP contribution in [-0.2, 0) is 0 Å². The van der Waals surface area contributed by atoms with Crippen LogP contribution in [0.5, 0.6) is 0 Å². The standard InChI is InChI=1S/C23H29NO/c1-7-20-23(5,6)15(3)16(4)24(20)21-14(2)12-13-18-17-10-8-9-11-19(17)25-22(18)21/h8-13,15-16,20H,7H2,1-6H3/t15?,16-,20?/m0/s1.